The van der Waals surface area contributed by atoms with Crippen LogP contribution < -0.4 is 10.0 Å². The average Bonchev–Trinajstić information content (AvgIpc) is 3.15. The average molecular weight is 371 g/mol. The summed E-state index contributed by atoms with van der Waals surface area (Å²) in [6, 6.07) is 2.69. The molecule has 0 aromatic carbocycles. The summed E-state index contributed by atoms with van der Waals surface area (Å²) < 4.78 is 37.5. The fourth-order valence-electron chi connectivity index (χ4n) is 2.95. The molecule has 1 amide bonds. The van der Waals surface area contributed by atoms with Gasteiger partial charge in [-0.15, -0.1) is 0 Å². The number of rotatable bonds is 7. The molecule has 25 heavy (non-hydrogen) atoms. The largest absolute Gasteiger partial charge is 0.438 e. The van der Waals surface area contributed by atoms with Crippen molar-refractivity contribution in [2.45, 2.75) is 50.0 Å². The Hall–Kier alpha value is -1.42. The standard InChI is InChI=1S/C16H25N3O5S/c1-11-9-19(10-12(2)23-11)8-7-17-16(20)14-5-6-15(24-14)25(21,22)18-13-3-4-13/h5-6,11-13,18H,3-4,7-10H2,1-2H3,(H,17,20)/t11-,12+. The smallest absolute Gasteiger partial charge is 0.287 e. The number of nitrogens with zero attached hydrogens (tertiary/aromatic N) is 1. The molecule has 2 heterocycles. The van der Waals surface area contributed by atoms with Gasteiger partial charge >= 0.3 is 0 Å². The maximum atomic E-state index is 12.1. The van der Waals surface area contributed by atoms with E-state index in [1.807, 2.05) is 13.8 Å². The monoisotopic (exact) mass is 371 g/mol. The van der Waals surface area contributed by atoms with E-state index in [1.165, 1.54) is 12.1 Å². The van der Waals surface area contributed by atoms with Crippen LogP contribution in [-0.2, 0) is 14.8 Å². The molecule has 1 aromatic rings. The molecule has 0 spiro atoms. The van der Waals surface area contributed by atoms with Crippen LogP contribution in [0, 0.1) is 0 Å². The highest BCUT2D eigenvalue weighted by molar-refractivity contribution is 7.89. The number of hydrogen-bond donors (Lipinski definition) is 2. The molecule has 9 heteroatoms. The summed E-state index contributed by atoms with van der Waals surface area (Å²) >= 11 is 0. The van der Waals surface area contributed by atoms with Crippen LogP contribution in [0.4, 0.5) is 0 Å². The van der Waals surface area contributed by atoms with Crippen molar-refractivity contribution in [1.82, 2.24) is 14.9 Å². The van der Waals surface area contributed by atoms with Crippen molar-refractivity contribution in [2.24, 2.45) is 0 Å². The molecule has 140 valence electrons. The topological polar surface area (TPSA) is 101 Å². The maximum absolute atomic E-state index is 12.1. The molecule has 1 aliphatic heterocycles. The Bertz CT molecular complexity index is 703. The second-order valence-corrected chi connectivity index (χ2v) is 8.43. The van der Waals surface area contributed by atoms with E-state index in [1.54, 1.807) is 0 Å². The molecular weight excluding hydrogens is 346 g/mol. The first-order valence-corrected chi connectivity index (χ1v) is 10.1. The molecule has 1 saturated heterocycles. The Morgan fingerprint density at radius 2 is 1.92 bits per heavy atom. The zero-order valence-electron chi connectivity index (χ0n) is 14.5. The van der Waals surface area contributed by atoms with Crippen LogP contribution in [-0.4, -0.2) is 63.7 Å². The van der Waals surface area contributed by atoms with Crippen molar-refractivity contribution in [3.05, 3.63) is 17.9 Å². The van der Waals surface area contributed by atoms with Crippen LogP contribution in [0.5, 0.6) is 0 Å². The van der Waals surface area contributed by atoms with Gasteiger partial charge in [-0.3, -0.25) is 9.69 Å². The molecule has 1 aromatic heterocycles. The van der Waals surface area contributed by atoms with E-state index < -0.39 is 15.9 Å². The van der Waals surface area contributed by atoms with Crippen LogP contribution in [0.15, 0.2) is 21.6 Å². The lowest BCUT2D eigenvalue weighted by Gasteiger charge is -2.35. The van der Waals surface area contributed by atoms with Gasteiger partial charge in [0.25, 0.3) is 15.9 Å². The van der Waals surface area contributed by atoms with Gasteiger partial charge in [0.15, 0.2) is 5.76 Å². The summed E-state index contributed by atoms with van der Waals surface area (Å²) in [6.07, 6.45) is 2.03. The lowest BCUT2D eigenvalue weighted by atomic mass is 10.2. The van der Waals surface area contributed by atoms with Gasteiger partial charge in [0.05, 0.1) is 12.2 Å². The van der Waals surface area contributed by atoms with Gasteiger partial charge < -0.3 is 14.5 Å². The van der Waals surface area contributed by atoms with Crippen molar-refractivity contribution in [3.8, 4) is 0 Å². The highest BCUT2D eigenvalue weighted by Crippen LogP contribution is 2.23. The highest BCUT2D eigenvalue weighted by atomic mass is 32.2. The predicted octanol–water partition coefficient (Wildman–Crippen LogP) is 0.559. The Kier molecular flexibility index (Phi) is 5.47. The molecule has 1 aliphatic carbocycles. The van der Waals surface area contributed by atoms with E-state index >= 15 is 0 Å². The van der Waals surface area contributed by atoms with Gasteiger partial charge in [-0.25, -0.2) is 13.1 Å². The van der Waals surface area contributed by atoms with Gasteiger partial charge in [0, 0.05) is 32.2 Å². The summed E-state index contributed by atoms with van der Waals surface area (Å²) in [4.78, 5) is 14.4. The van der Waals surface area contributed by atoms with E-state index in [9.17, 15) is 13.2 Å². The molecule has 0 bridgehead atoms. The first-order valence-electron chi connectivity index (χ1n) is 8.61. The van der Waals surface area contributed by atoms with E-state index in [0.717, 1.165) is 25.9 Å². The lowest BCUT2D eigenvalue weighted by molar-refractivity contribution is -0.0672. The predicted molar refractivity (Wildman–Crippen MR) is 90.8 cm³/mol. The minimum absolute atomic E-state index is 0.000106. The van der Waals surface area contributed by atoms with Gasteiger partial charge in [0.2, 0.25) is 5.09 Å². The van der Waals surface area contributed by atoms with E-state index in [-0.39, 0.29) is 29.1 Å². The third-order valence-electron chi connectivity index (χ3n) is 4.18. The molecule has 0 unspecified atom stereocenters. The van der Waals surface area contributed by atoms with Crippen molar-refractivity contribution in [1.29, 1.82) is 0 Å². The quantitative estimate of drug-likeness (QED) is 0.726. The fraction of sp³-hybridized carbons (Fsp3) is 0.688. The zero-order chi connectivity index (χ0) is 18.0. The number of carbonyl (C=O) groups is 1. The minimum atomic E-state index is -3.68. The number of hydrogen-bond acceptors (Lipinski definition) is 6. The van der Waals surface area contributed by atoms with Gasteiger partial charge in [-0.2, -0.15) is 0 Å². The second-order valence-electron chi connectivity index (χ2n) is 6.79. The number of morpholine rings is 1. The van der Waals surface area contributed by atoms with Gasteiger partial charge in [0.1, 0.15) is 0 Å². The number of ether oxygens (including phenoxy) is 1. The van der Waals surface area contributed by atoms with E-state index in [2.05, 4.69) is 14.9 Å². The van der Waals surface area contributed by atoms with Crippen LogP contribution in [0.2, 0.25) is 0 Å². The molecular formula is C16H25N3O5S. The molecule has 2 atom stereocenters. The summed E-state index contributed by atoms with van der Waals surface area (Å²) in [5, 5.41) is 2.54. The molecule has 1 saturated carbocycles. The Morgan fingerprint density at radius 1 is 1.24 bits per heavy atom. The molecule has 2 N–H and O–H groups in total. The summed E-state index contributed by atoms with van der Waals surface area (Å²) in [5.74, 6) is -0.415. The number of nitrogens with one attached hydrogen (secondary N) is 2. The first kappa shape index (κ1) is 18.4. The molecule has 2 aliphatic rings. The second kappa shape index (κ2) is 7.45. The van der Waals surface area contributed by atoms with Crippen LogP contribution in [0.25, 0.3) is 0 Å². The fourth-order valence-corrected chi connectivity index (χ4v) is 4.18. The van der Waals surface area contributed by atoms with Crippen LogP contribution in [0.3, 0.4) is 0 Å². The van der Waals surface area contributed by atoms with Crippen molar-refractivity contribution >= 4 is 15.9 Å². The third kappa shape index (κ3) is 5.04. The maximum Gasteiger partial charge on any atom is 0.287 e. The molecule has 8 nitrogen and oxygen atoms in total. The molecule has 2 fully saturated rings. The zero-order valence-corrected chi connectivity index (χ0v) is 15.3. The highest BCUT2D eigenvalue weighted by Gasteiger charge is 2.30. The summed E-state index contributed by atoms with van der Waals surface area (Å²) in [5.41, 5.74) is 0. The molecule has 0 radical (unpaired) electrons. The lowest BCUT2D eigenvalue weighted by Crippen LogP contribution is -2.47. The third-order valence-corrected chi connectivity index (χ3v) is 5.57. The SMILES string of the molecule is C[C@@H]1CN(CCNC(=O)c2ccc(S(=O)(=O)NC3CC3)o2)C[C@H](C)O1. The Labute approximate surface area is 147 Å². The Balaban J connectivity index is 1.48. The van der Waals surface area contributed by atoms with E-state index in [4.69, 9.17) is 9.15 Å². The van der Waals surface area contributed by atoms with Crippen LogP contribution in [0.1, 0.15) is 37.2 Å². The van der Waals surface area contributed by atoms with Crippen molar-refractivity contribution in [3.63, 3.8) is 0 Å². The van der Waals surface area contributed by atoms with E-state index in [0.29, 0.717) is 13.1 Å². The summed E-state index contributed by atoms with van der Waals surface area (Å²) in [7, 11) is -3.68. The first-order chi connectivity index (χ1) is 11.8. The Morgan fingerprint density at radius 3 is 2.56 bits per heavy atom. The van der Waals surface area contributed by atoms with Crippen molar-refractivity contribution < 1.29 is 22.4 Å². The van der Waals surface area contributed by atoms with Gasteiger partial charge in [-0.1, -0.05) is 0 Å². The number of sulfonamides is 1. The number of furan rings is 1. The minimum Gasteiger partial charge on any atom is -0.438 e. The summed E-state index contributed by atoms with van der Waals surface area (Å²) in [6.45, 7) is 6.89. The number of amides is 1. The van der Waals surface area contributed by atoms with Crippen LogP contribution >= 0.6 is 0 Å². The normalized spacial score (nSPS) is 25.0. The molecule has 3 rings (SSSR count). The number of carbonyl (C=O) groups excluding carboxylic acids is 1. The van der Waals surface area contributed by atoms with Gasteiger partial charge in [-0.05, 0) is 38.8 Å². The van der Waals surface area contributed by atoms with Crippen molar-refractivity contribution in [2.75, 3.05) is 26.2 Å².